The van der Waals surface area contributed by atoms with Crippen LogP contribution in [0.4, 0.5) is 0 Å². The second-order valence-electron chi connectivity index (χ2n) is 4.22. The predicted octanol–water partition coefficient (Wildman–Crippen LogP) is 4.92. The van der Waals surface area contributed by atoms with Crippen molar-refractivity contribution in [1.29, 1.82) is 0 Å². The third-order valence-corrected chi connectivity index (χ3v) is 4.24. The summed E-state index contributed by atoms with van der Waals surface area (Å²) in [5.41, 5.74) is 0. The van der Waals surface area contributed by atoms with E-state index in [2.05, 4.69) is 38.0 Å². The third kappa shape index (κ3) is 3.05. The van der Waals surface area contributed by atoms with Gasteiger partial charge in [0, 0.05) is 21.4 Å². The van der Waals surface area contributed by atoms with E-state index >= 15 is 0 Å². The van der Waals surface area contributed by atoms with E-state index < -0.39 is 0 Å². The second-order valence-corrected chi connectivity index (χ2v) is 6.62. The van der Waals surface area contributed by atoms with E-state index in [1.165, 1.54) is 12.8 Å². The van der Waals surface area contributed by atoms with Gasteiger partial charge in [-0.2, -0.15) is 0 Å². The van der Waals surface area contributed by atoms with Crippen molar-refractivity contribution in [2.24, 2.45) is 0 Å². The highest BCUT2D eigenvalue weighted by atomic mass is 79.9. The lowest BCUT2D eigenvalue weighted by Crippen LogP contribution is -1.94. The Hall–Kier alpha value is -0.580. The van der Waals surface area contributed by atoms with Crippen LogP contribution in [0.5, 0.6) is 0 Å². The van der Waals surface area contributed by atoms with Crippen LogP contribution in [0.1, 0.15) is 24.6 Å². The Balaban J connectivity index is 1.87. The molecule has 1 fully saturated rings. The molecule has 0 unspecified atom stereocenters. The Morgan fingerprint density at radius 3 is 2.78 bits per heavy atom. The molecule has 0 saturated heterocycles. The number of hydrogen-bond acceptors (Lipinski definition) is 3. The maximum Gasteiger partial charge on any atom is 0.134 e. The highest BCUT2D eigenvalue weighted by molar-refractivity contribution is 9.10. The van der Waals surface area contributed by atoms with Crippen LogP contribution >= 0.6 is 39.3 Å². The maximum atomic E-state index is 6.05. The summed E-state index contributed by atoms with van der Waals surface area (Å²) < 4.78 is 1.06. The molecule has 5 heteroatoms. The lowest BCUT2D eigenvalue weighted by molar-refractivity contribution is 0.878. The fourth-order valence-corrected chi connectivity index (χ4v) is 3.33. The molecule has 0 N–H and O–H groups in total. The summed E-state index contributed by atoms with van der Waals surface area (Å²) in [7, 11) is 0. The van der Waals surface area contributed by atoms with Gasteiger partial charge in [-0.1, -0.05) is 45.4 Å². The molecule has 3 rings (SSSR count). The zero-order valence-electron chi connectivity index (χ0n) is 9.44. The molecule has 2 aromatic rings. The Labute approximate surface area is 123 Å². The normalized spacial score (nSPS) is 14.8. The SMILES string of the molecule is Clc1cc(Sc2cccc(Br)c2)nc(C2CC2)n1. The summed E-state index contributed by atoms with van der Waals surface area (Å²) in [6.45, 7) is 0. The van der Waals surface area contributed by atoms with Crippen LogP contribution < -0.4 is 0 Å². The van der Waals surface area contributed by atoms with E-state index in [1.54, 1.807) is 11.8 Å². The third-order valence-electron chi connectivity index (χ3n) is 2.65. The predicted molar refractivity (Wildman–Crippen MR) is 77.3 cm³/mol. The fourth-order valence-electron chi connectivity index (χ4n) is 1.64. The van der Waals surface area contributed by atoms with Crippen molar-refractivity contribution >= 4 is 39.3 Å². The molecular weight excluding hydrogens is 332 g/mol. The van der Waals surface area contributed by atoms with Gasteiger partial charge in [-0.25, -0.2) is 9.97 Å². The maximum absolute atomic E-state index is 6.05. The van der Waals surface area contributed by atoms with Gasteiger partial charge in [0.15, 0.2) is 0 Å². The quantitative estimate of drug-likeness (QED) is 0.741. The molecule has 18 heavy (non-hydrogen) atoms. The van der Waals surface area contributed by atoms with Gasteiger partial charge in [0.2, 0.25) is 0 Å². The molecule has 1 aromatic carbocycles. The fraction of sp³-hybridized carbons (Fsp3) is 0.231. The van der Waals surface area contributed by atoms with Crippen LogP contribution in [0, 0.1) is 0 Å². The smallest absolute Gasteiger partial charge is 0.134 e. The minimum Gasteiger partial charge on any atom is -0.226 e. The van der Waals surface area contributed by atoms with Crippen LogP contribution in [0.25, 0.3) is 0 Å². The monoisotopic (exact) mass is 340 g/mol. The zero-order chi connectivity index (χ0) is 12.5. The van der Waals surface area contributed by atoms with Crippen molar-refractivity contribution in [1.82, 2.24) is 9.97 Å². The Bertz CT molecular complexity index is 587. The van der Waals surface area contributed by atoms with E-state index in [0.717, 1.165) is 20.2 Å². The minimum absolute atomic E-state index is 0.519. The molecule has 0 radical (unpaired) electrons. The molecule has 0 bridgehead atoms. The Kier molecular flexibility index (Phi) is 3.59. The van der Waals surface area contributed by atoms with Gasteiger partial charge in [-0.05, 0) is 31.0 Å². The Morgan fingerprint density at radius 1 is 1.22 bits per heavy atom. The average molecular weight is 342 g/mol. The highest BCUT2D eigenvalue weighted by Gasteiger charge is 2.27. The van der Waals surface area contributed by atoms with E-state index in [1.807, 2.05) is 18.2 Å². The minimum atomic E-state index is 0.519. The van der Waals surface area contributed by atoms with Gasteiger partial charge in [-0.15, -0.1) is 0 Å². The second kappa shape index (κ2) is 5.19. The van der Waals surface area contributed by atoms with Crippen molar-refractivity contribution < 1.29 is 0 Å². The van der Waals surface area contributed by atoms with Gasteiger partial charge in [-0.3, -0.25) is 0 Å². The molecule has 92 valence electrons. The van der Waals surface area contributed by atoms with Gasteiger partial charge in [0.05, 0.1) is 0 Å². The standard InChI is InChI=1S/C13H10BrClN2S/c14-9-2-1-3-10(6-9)18-12-7-11(15)16-13(17-12)8-4-5-8/h1-3,6-8H,4-5H2. The van der Waals surface area contributed by atoms with E-state index in [0.29, 0.717) is 11.1 Å². The van der Waals surface area contributed by atoms with Crippen LogP contribution in [-0.4, -0.2) is 9.97 Å². The van der Waals surface area contributed by atoms with Gasteiger partial charge < -0.3 is 0 Å². The summed E-state index contributed by atoms with van der Waals surface area (Å²) in [6, 6.07) is 9.96. The number of nitrogens with zero attached hydrogens (tertiary/aromatic N) is 2. The van der Waals surface area contributed by atoms with E-state index in [-0.39, 0.29) is 0 Å². The number of hydrogen-bond donors (Lipinski definition) is 0. The topological polar surface area (TPSA) is 25.8 Å². The lowest BCUT2D eigenvalue weighted by atomic mass is 10.4. The van der Waals surface area contributed by atoms with Crippen LogP contribution in [0.2, 0.25) is 5.15 Å². The molecule has 1 aliphatic carbocycles. The number of halogens is 2. The van der Waals surface area contributed by atoms with Crippen molar-refractivity contribution in [3.63, 3.8) is 0 Å². The summed E-state index contributed by atoms with van der Waals surface area (Å²) in [6.07, 6.45) is 2.36. The lowest BCUT2D eigenvalue weighted by Gasteiger charge is -2.04. The molecule has 0 aliphatic heterocycles. The number of benzene rings is 1. The number of rotatable bonds is 3. The molecule has 1 aromatic heterocycles. The van der Waals surface area contributed by atoms with Crippen molar-refractivity contribution in [3.05, 3.63) is 45.8 Å². The summed E-state index contributed by atoms with van der Waals surface area (Å²) in [4.78, 5) is 10.00. The summed E-state index contributed by atoms with van der Waals surface area (Å²) in [5, 5.41) is 1.44. The van der Waals surface area contributed by atoms with Crippen LogP contribution in [0.3, 0.4) is 0 Å². The molecule has 1 saturated carbocycles. The summed E-state index contributed by atoms with van der Waals surface area (Å²) >= 11 is 11.1. The highest BCUT2D eigenvalue weighted by Crippen LogP contribution is 2.39. The van der Waals surface area contributed by atoms with Crippen molar-refractivity contribution in [3.8, 4) is 0 Å². The van der Waals surface area contributed by atoms with Crippen LogP contribution in [-0.2, 0) is 0 Å². The molecular formula is C13H10BrClN2S. The molecule has 2 nitrogen and oxygen atoms in total. The molecule has 1 heterocycles. The van der Waals surface area contributed by atoms with Gasteiger partial charge in [0.1, 0.15) is 16.0 Å². The van der Waals surface area contributed by atoms with Crippen molar-refractivity contribution in [2.45, 2.75) is 28.7 Å². The number of aromatic nitrogens is 2. The first-order valence-electron chi connectivity index (χ1n) is 5.68. The first-order valence-corrected chi connectivity index (χ1v) is 7.67. The van der Waals surface area contributed by atoms with E-state index in [9.17, 15) is 0 Å². The summed E-state index contributed by atoms with van der Waals surface area (Å²) in [5.74, 6) is 1.41. The first-order chi connectivity index (χ1) is 8.70. The van der Waals surface area contributed by atoms with Gasteiger partial charge in [0.25, 0.3) is 0 Å². The average Bonchev–Trinajstić information content (AvgIpc) is 3.11. The first kappa shape index (κ1) is 12.5. The largest absolute Gasteiger partial charge is 0.226 e. The molecule has 0 atom stereocenters. The molecule has 0 spiro atoms. The Morgan fingerprint density at radius 2 is 2.06 bits per heavy atom. The van der Waals surface area contributed by atoms with Crippen molar-refractivity contribution in [2.75, 3.05) is 0 Å². The molecule has 0 amide bonds. The van der Waals surface area contributed by atoms with Gasteiger partial charge >= 0.3 is 0 Å². The van der Waals surface area contributed by atoms with E-state index in [4.69, 9.17) is 11.6 Å². The van der Waals surface area contributed by atoms with Crippen LogP contribution in [0.15, 0.2) is 44.7 Å². The molecule has 1 aliphatic rings. The zero-order valence-corrected chi connectivity index (χ0v) is 12.6.